The molecule has 0 radical (unpaired) electrons. The van der Waals surface area contributed by atoms with Crippen LogP contribution in [0.4, 0.5) is 10.1 Å². The van der Waals surface area contributed by atoms with Crippen molar-refractivity contribution in [2.24, 2.45) is 0 Å². The number of halogens is 1. The van der Waals surface area contributed by atoms with Crippen molar-refractivity contribution >= 4 is 29.3 Å². The average molecular weight is 422 g/mol. The largest absolute Gasteiger partial charge is 0.457 e. The molecular weight excluding hydrogens is 403 g/mol. The summed E-state index contributed by atoms with van der Waals surface area (Å²) in [4.78, 5) is 25.2. The minimum absolute atomic E-state index is 0.0400. The maximum atomic E-state index is 13.0. The Morgan fingerprint density at radius 1 is 1.03 bits per heavy atom. The van der Waals surface area contributed by atoms with Crippen LogP contribution >= 0.6 is 11.8 Å². The van der Waals surface area contributed by atoms with Gasteiger partial charge in [0.2, 0.25) is 5.91 Å². The third-order valence-corrected chi connectivity index (χ3v) is 5.60. The van der Waals surface area contributed by atoms with Crippen LogP contribution in [0.25, 0.3) is 0 Å². The van der Waals surface area contributed by atoms with E-state index in [1.165, 1.54) is 12.1 Å². The predicted molar refractivity (Wildman–Crippen MR) is 114 cm³/mol. The number of thioether (sulfide) groups is 1. The molecule has 4 rings (SSSR count). The molecule has 0 spiro atoms. The number of amides is 2. The number of nitrogens with one attached hydrogen (secondary N) is 2. The van der Waals surface area contributed by atoms with Crippen LogP contribution in [0.5, 0.6) is 11.5 Å². The zero-order chi connectivity index (χ0) is 20.9. The van der Waals surface area contributed by atoms with Crippen molar-refractivity contribution in [1.82, 2.24) is 5.32 Å². The zero-order valence-corrected chi connectivity index (χ0v) is 16.8. The van der Waals surface area contributed by atoms with Gasteiger partial charge < -0.3 is 15.4 Å². The van der Waals surface area contributed by atoms with Gasteiger partial charge in [-0.1, -0.05) is 12.1 Å². The van der Waals surface area contributed by atoms with Gasteiger partial charge >= 0.3 is 0 Å². The van der Waals surface area contributed by atoms with Gasteiger partial charge in [0.05, 0.1) is 5.69 Å². The summed E-state index contributed by atoms with van der Waals surface area (Å²) in [5.74, 6) is 1.32. The summed E-state index contributed by atoms with van der Waals surface area (Å²) in [6.45, 7) is 0.355. The Labute approximate surface area is 177 Å². The van der Waals surface area contributed by atoms with E-state index in [0.717, 1.165) is 16.2 Å². The first kappa shape index (κ1) is 20.0. The van der Waals surface area contributed by atoms with E-state index in [0.29, 0.717) is 35.7 Å². The molecule has 5 nitrogen and oxygen atoms in total. The first-order valence-corrected chi connectivity index (χ1v) is 10.4. The van der Waals surface area contributed by atoms with Crippen molar-refractivity contribution in [3.05, 3.63) is 83.7 Å². The van der Waals surface area contributed by atoms with Gasteiger partial charge in [0, 0.05) is 29.2 Å². The van der Waals surface area contributed by atoms with Crippen molar-refractivity contribution in [1.29, 1.82) is 0 Å². The number of carbonyl (C=O) groups excluding carboxylic acids is 2. The summed E-state index contributed by atoms with van der Waals surface area (Å²) in [6.07, 6.45) is 0.460. The molecule has 0 unspecified atom stereocenters. The van der Waals surface area contributed by atoms with Crippen molar-refractivity contribution in [3.63, 3.8) is 0 Å². The summed E-state index contributed by atoms with van der Waals surface area (Å²) in [6, 6.07) is 18.4. The molecule has 0 saturated carbocycles. The molecule has 0 aliphatic carbocycles. The van der Waals surface area contributed by atoms with Gasteiger partial charge in [-0.15, -0.1) is 11.8 Å². The maximum Gasteiger partial charge on any atom is 0.251 e. The van der Waals surface area contributed by atoms with Gasteiger partial charge in [-0.2, -0.15) is 0 Å². The molecule has 3 aromatic rings. The van der Waals surface area contributed by atoms with E-state index in [2.05, 4.69) is 10.6 Å². The molecule has 0 atom stereocenters. The highest BCUT2D eigenvalue weighted by atomic mass is 32.2. The molecule has 0 fully saturated rings. The third kappa shape index (κ3) is 4.99. The van der Waals surface area contributed by atoms with Gasteiger partial charge in [-0.05, 0) is 60.2 Å². The number of hydrogen-bond acceptors (Lipinski definition) is 4. The second-order valence-electron chi connectivity index (χ2n) is 6.74. The molecule has 2 N–H and O–H groups in total. The van der Waals surface area contributed by atoms with Crippen LogP contribution in [0.2, 0.25) is 0 Å². The van der Waals surface area contributed by atoms with E-state index >= 15 is 0 Å². The van der Waals surface area contributed by atoms with Gasteiger partial charge in [0.25, 0.3) is 5.91 Å². The summed E-state index contributed by atoms with van der Waals surface area (Å²) in [7, 11) is 0. The number of ether oxygens (including phenoxy) is 1. The molecule has 1 heterocycles. The molecule has 3 aromatic carbocycles. The summed E-state index contributed by atoms with van der Waals surface area (Å²) in [5.41, 5.74) is 2.08. The Hall–Kier alpha value is -3.32. The maximum absolute atomic E-state index is 13.0. The lowest BCUT2D eigenvalue weighted by Crippen LogP contribution is -2.23. The van der Waals surface area contributed by atoms with Crippen molar-refractivity contribution in [2.45, 2.75) is 17.9 Å². The highest BCUT2D eigenvalue weighted by Gasteiger charge is 2.15. The van der Waals surface area contributed by atoms with Crippen LogP contribution < -0.4 is 15.4 Å². The van der Waals surface area contributed by atoms with E-state index < -0.39 is 0 Å². The molecule has 0 saturated heterocycles. The molecule has 1 aliphatic rings. The minimum atomic E-state index is -0.316. The van der Waals surface area contributed by atoms with Crippen molar-refractivity contribution < 1.29 is 18.7 Å². The lowest BCUT2D eigenvalue weighted by atomic mass is 10.1. The lowest BCUT2D eigenvalue weighted by Gasteiger charge is -2.10. The molecule has 0 bridgehead atoms. The van der Waals surface area contributed by atoms with E-state index in [1.54, 1.807) is 48.2 Å². The highest BCUT2D eigenvalue weighted by Crippen LogP contribution is 2.31. The summed E-state index contributed by atoms with van der Waals surface area (Å²) < 4.78 is 18.6. The van der Waals surface area contributed by atoms with Crippen LogP contribution in [0, 0.1) is 5.82 Å². The molecule has 1 aliphatic heterocycles. The van der Waals surface area contributed by atoms with Crippen LogP contribution in [-0.4, -0.2) is 17.6 Å². The van der Waals surface area contributed by atoms with E-state index in [9.17, 15) is 14.0 Å². The first-order chi connectivity index (χ1) is 14.6. The molecule has 7 heteroatoms. The van der Waals surface area contributed by atoms with E-state index in [-0.39, 0.29) is 17.6 Å². The minimum Gasteiger partial charge on any atom is -0.457 e. The number of hydrogen-bond donors (Lipinski definition) is 2. The number of fused-ring (bicyclic) bond motifs is 1. The fraction of sp³-hybridized carbons (Fsp3) is 0.130. The van der Waals surface area contributed by atoms with Crippen LogP contribution in [0.1, 0.15) is 22.3 Å². The Balaban J connectivity index is 1.36. The zero-order valence-electron chi connectivity index (χ0n) is 16.0. The summed E-state index contributed by atoms with van der Waals surface area (Å²) in [5, 5.41) is 5.73. The van der Waals surface area contributed by atoms with Crippen LogP contribution in [-0.2, 0) is 11.3 Å². The molecule has 2 amide bonds. The monoisotopic (exact) mass is 422 g/mol. The van der Waals surface area contributed by atoms with Gasteiger partial charge in [-0.25, -0.2) is 4.39 Å². The topological polar surface area (TPSA) is 67.4 Å². The van der Waals surface area contributed by atoms with Gasteiger partial charge in [-0.3, -0.25) is 9.59 Å². The number of anilines is 1. The molecule has 152 valence electrons. The average Bonchev–Trinajstić information content (AvgIpc) is 2.94. The Morgan fingerprint density at radius 2 is 1.73 bits per heavy atom. The fourth-order valence-corrected chi connectivity index (χ4v) is 3.90. The lowest BCUT2D eigenvalue weighted by molar-refractivity contribution is -0.115. The van der Waals surface area contributed by atoms with Gasteiger partial charge in [0.1, 0.15) is 17.3 Å². The van der Waals surface area contributed by atoms with Crippen LogP contribution in [0.3, 0.4) is 0 Å². The standard InChI is InChI=1S/C23H19FN2O3S/c24-17-4-8-19(9-5-17)29-18-6-1-15(2-7-18)14-25-23(28)16-3-10-21-20(13-16)26-22(27)11-12-30-21/h1-10,13H,11-12,14H2,(H,25,28)(H,26,27). The predicted octanol–water partition coefficient (Wildman–Crippen LogP) is 4.98. The smallest absolute Gasteiger partial charge is 0.251 e. The highest BCUT2D eigenvalue weighted by molar-refractivity contribution is 7.99. The van der Waals surface area contributed by atoms with Crippen molar-refractivity contribution in [2.75, 3.05) is 11.1 Å². The molecular formula is C23H19FN2O3S. The molecule has 30 heavy (non-hydrogen) atoms. The number of carbonyl (C=O) groups is 2. The quantitative estimate of drug-likeness (QED) is 0.608. The van der Waals surface area contributed by atoms with Gasteiger partial charge in [0.15, 0.2) is 0 Å². The second-order valence-corrected chi connectivity index (χ2v) is 7.88. The van der Waals surface area contributed by atoms with E-state index in [4.69, 9.17) is 4.74 Å². The fourth-order valence-electron chi connectivity index (χ4n) is 2.96. The van der Waals surface area contributed by atoms with Crippen molar-refractivity contribution in [3.8, 4) is 11.5 Å². The first-order valence-electron chi connectivity index (χ1n) is 9.44. The summed E-state index contributed by atoms with van der Waals surface area (Å²) >= 11 is 1.60. The Morgan fingerprint density at radius 3 is 2.47 bits per heavy atom. The third-order valence-electron chi connectivity index (χ3n) is 4.53. The Kier molecular flexibility index (Phi) is 5.99. The van der Waals surface area contributed by atoms with Crippen LogP contribution in [0.15, 0.2) is 71.6 Å². The van der Waals surface area contributed by atoms with E-state index in [1.807, 2.05) is 18.2 Å². The second kappa shape index (κ2) is 9.00. The SMILES string of the molecule is O=C1CCSc2ccc(C(=O)NCc3ccc(Oc4ccc(F)cc4)cc3)cc2N1. The Bertz CT molecular complexity index is 1070. The molecule has 0 aromatic heterocycles. The number of benzene rings is 3. The normalized spacial score (nSPS) is 13.0. The number of rotatable bonds is 5.